The van der Waals surface area contributed by atoms with Gasteiger partial charge in [-0.15, -0.1) is 22.7 Å². The molecule has 4 nitrogen and oxygen atoms in total. The van der Waals surface area contributed by atoms with Gasteiger partial charge in [0.2, 0.25) is 5.91 Å². The number of anilines is 1. The van der Waals surface area contributed by atoms with Crippen molar-refractivity contribution in [1.29, 1.82) is 0 Å². The molecular weight excluding hydrogens is 338 g/mol. The molecule has 3 heterocycles. The van der Waals surface area contributed by atoms with E-state index in [0.717, 1.165) is 45.3 Å². The molecule has 0 spiro atoms. The van der Waals surface area contributed by atoms with E-state index >= 15 is 0 Å². The minimum absolute atomic E-state index is 0.0235. The van der Waals surface area contributed by atoms with Gasteiger partial charge in [-0.2, -0.15) is 0 Å². The van der Waals surface area contributed by atoms with Gasteiger partial charge in [-0.1, -0.05) is 0 Å². The number of amides is 1. The van der Waals surface area contributed by atoms with Gasteiger partial charge in [-0.05, 0) is 51.2 Å². The third-order valence-corrected chi connectivity index (χ3v) is 6.58. The molecule has 3 aromatic rings. The summed E-state index contributed by atoms with van der Waals surface area (Å²) in [6, 6.07) is 2.10. The third-order valence-electron chi connectivity index (χ3n) is 4.35. The standard InChI is InChI=1S/C18H19N3OS2/c1-9-8-14-16(10(2)19-9)21-18(24-14)15-12-6-4-5-7-13(12)23-17(15)20-11(3)22/h8H,4-7H2,1-3H3,(H,20,22). The lowest BCUT2D eigenvalue weighted by Crippen LogP contribution is -2.05. The summed E-state index contributed by atoms with van der Waals surface area (Å²) < 4.78 is 1.17. The molecule has 1 aliphatic rings. The molecule has 1 amide bonds. The normalized spacial score (nSPS) is 14.0. The van der Waals surface area contributed by atoms with E-state index in [9.17, 15) is 4.79 Å². The average Bonchev–Trinajstić information content (AvgIpc) is 3.06. The van der Waals surface area contributed by atoms with Crippen LogP contribution in [0.4, 0.5) is 5.00 Å². The lowest BCUT2D eigenvalue weighted by Gasteiger charge is -2.11. The van der Waals surface area contributed by atoms with Crippen molar-refractivity contribution in [2.24, 2.45) is 0 Å². The SMILES string of the molecule is CC(=O)Nc1sc2c(c1-c1nc3c(C)nc(C)cc3s1)CCCC2. The number of nitrogens with zero attached hydrogens (tertiary/aromatic N) is 2. The summed E-state index contributed by atoms with van der Waals surface area (Å²) in [5.41, 5.74) is 5.49. The molecule has 0 atom stereocenters. The highest BCUT2D eigenvalue weighted by Gasteiger charge is 2.25. The molecular formula is C18H19N3OS2. The molecule has 1 aliphatic carbocycles. The number of aryl methyl sites for hydroxylation is 3. The monoisotopic (exact) mass is 357 g/mol. The maximum Gasteiger partial charge on any atom is 0.221 e. The molecule has 24 heavy (non-hydrogen) atoms. The Balaban J connectivity index is 1.93. The second-order valence-electron chi connectivity index (χ2n) is 6.31. The number of fused-ring (bicyclic) bond motifs is 2. The number of hydrogen-bond acceptors (Lipinski definition) is 5. The van der Waals surface area contributed by atoms with E-state index < -0.39 is 0 Å². The van der Waals surface area contributed by atoms with Crippen LogP contribution in [0.3, 0.4) is 0 Å². The molecule has 0 saturated heterocycles. The van der Waals surface area contributed by atoms with Crippen LogP contribution in [0, 0.1) is 13.8 Å². The zero-order chi connectivity index (χ0) is 16.8. The van der Waals surface area contributed by atoms with Crippen molar-refractivity contribution in [3.8, 4) is 10.6 Å². The molecule has 1 N–H and O–H groups in total. The summed E-state index contributed by atoms with van der Waals surface area (Å²) in [5.74, 6) is -0.0235. The van der Waals surface area contributed by atoms with Crippen molar-refractivity contribution in [1.82, 2.24) is 9.97 Å². The number of thiazole rings is 1. The second kappa shape index (κ2) is 5.93. The lowest BCUT2D eigenvalue weighted by atomic mass is 9.96. The van der Waals surface area contributed by atoms with Crippen LogP contribution in [0.1, 0.15) is 41.6 Å². The van der Waals surface area contributed by atoms with Crippen LogP contribution in [-0.2, 0) is 17.6 Å². The Bertz CT molecular complexity index is 955. The van der Waals surface area contributed by atoms with Crippen LogP contribution in [0.15, 0.2) is 6.07 Å². The van der Waals surface area contributed by atoms with Crippen LogP contribution in [-0.4, -0.2) is 15.9 Å². The van der Waals surface area contributed by atoms with Crippen molar-refractivity contribution >= 4 is 43.8 Å². The Morgan fingerprint density at radius 2 is 1.96 bits per heavy atom. The zero-order valence-electron chi connectivity index (χ0n) is 14.0. The van der Waals surface area contributed by atoms with E-state index in [1.54, 1.807) is 29.6 Å². The molecule has 3 aromatic heterocycles. The van der Waals surface area contributed by atoms with E-state index in [1.807, 2.05) is 13.8 Å². The lowest BCUT2D eigenvalue weighted by molar-refractivity contribution is -0.114. The summed E-state index contributed by atoms with van der Waals surface area (Å²) >= 11 is 3.42. The fourth-order valence-electron chi connectivity index (χ4n) is 3.38. The zero-order valence-corrected chi connectivity index (χ0v) is 15.7. The van der Waals surface area contributed by atoms with Gasteiger partial charge in [-0.3, -0.25) is 9.78 Å². The maximum absolute atomic E-state index is 11.6. The Hall–Kier alpha value is -1.79. The van der Waals surface area contributed by atoms with E-state index in [2.05, 4.69) is 16.4 Å². The molecule has 0 aliphatic heterocycles. The fourth-order valence-corrected chi connectivity index (χ4v) is 5.97. The molecule has 6 heteroatoms. The highest BCUT2D eigenvalue weighted by molar-refractivity contribution is 7.23. The highest BCUT2D eigenvalue weighted by Crippen LogP contribution is 2.46. The van der Waals surface area contributed by atoms with Crippen LogP contribution in [0.25, 0.3) is 20.8 Å². The van der Waals surface area contributed by atoms with Crippen molar-refractivity contribution < 1.29 is 4.79 Å². The first-order chi connectivity index (χ1) is 11.5. The predicted molar refractivity (Wildman–Crippen MR) is 101 cm³/mol. The molecule has 4 rings (SSSR count). The Morgan fingerprint density at radius 3 is 2.75 bits per heavy atom. The van der Waals surface area contributed by atoms with Gasteiger partial charge in [0.1, 0.15) is 15.5 Å². The number of carbonyl (C=O) groups is 1. The number of pyridine rings is 1. The summed E-state index contributed by atoms with van der Waals surface area (Å²) in [4.78, 5) is 22.5. The first kappa shape index (κ1) is 15.7. The Labute approximate surface area is 149 Å². The number of rotatable bonds is 2. The molecule has 0 fully saturated rings. The van der Waals surface area contributed by atoms with Gasteiger partial charge in [0.25, 0.3) is 0 Å². The van der Waals surface area contributed by atoms with Crippen LogP contribution < -0.4 is 5.32 Å². The van der Waals surface area contributed by atoms with Crippen LogP contribution in [0.2, 0.25) is 0 Å². The summed E-state index contributed by atoms with van der Waals surface area (Å²) in [5, 5.41) is 4.99. The molecule has 0 unspecified atom stereocenters. The third kappa shape index (κ3) is 2.63. The van der Waals surface area contributed by atoms with Gasteiger partial charge >= 0.3 is 0 Å². The van der Waals surface area contributed by atoms with Crippen molar-refractivity contribution in [3.05, 3.63) is 27.9 Å². The van der Waals surface area contributed by atoms with Crippen LogP contribution >= 0.6 is 22.7 Å². The van der Waals surface area contributed by atoms with Gasteiger partial charge in [-0.25, -0.2) is 4.98 Å². The first-order valence-electron chi connectivity index (χ1n) is 8.20. The smallest absolute Gasteiger partial charge is 0.221 e. The summed E-state index contributed by atoms with van der Waals surface area (Å²) in [6.45, 7) is 5.59. The maximum atomic E-state index is 11.6. The predicted octanol–water partition coefficient (Wildman–Crippen LogP) is 4.87. The largest absolute Gasteiger partial charge is 0.317 e. The van der Waals surface area contributed by atoms with E-state index in [4.69, 9.17) is 4.98 Å². The van der Waals surface area contributed by atoms with E-state index in [-0.39, 0.29) is 5.91 Å². The number of thiophene rings is 1. The molecule has 0 bridgehead atoms. The quantitative estimate of drug-likeness (QED) is 0.711. The number of carbonyl (C=O) groups excluding carboxylic acids is 1. The molecule has 124 valence electrons. The first-order valence-corrected chi connectivity index (χ1v) is 9.83. The van der Waals surface area contributed by atoms with Crippen molar-refractivity contribution in [3.63, 3.8) is 0 Å². The minimum atomic E-state index is -0.0235. The summed E-state index contributed by atoms with van der Waals surface area (Å²) in [7, 11) is 0. The van der Waals surface area contributed by atoms with Gasteiger partial charge in [0.15, 0.2) is 0 Å². The van der Waals surface area contributed by atoms with Crippen LogP contribution in [0.5, 0.6) is 0 Å². The van der Waals surface area contributed by atoms with E-state index in [0.29, 0.717) is 0 Å². The number of aromatic nitrogens is 2. The van der Waals surface area contributed by atoms with Gasteiger partial charge in [0.05, 0.1) is 10.4 Å². The van der Waals surface area contributed by atoms with Gasteiger partial charge in [0, 0.05) is 23.1 Å². The minimum Gasteiger partial charge on any atom is -0.317 e. The highest BCUT2D eigenvalue weighted by atomic mass is 32.1. The van der Waals surface area contributed by atoms with E-state index in [1.165, 1.54) is 28.0 Å². The Kier molecular flexibility index (Phi) is 3.89. The Morgan fingerprint density at radius 1 is 1.17 bits per heavy atom. The second-order valence-corrected chi connectivity index (χ2v) is 8.45. The van der Waals surface area contributed by atoms with Crippen molar-refractivity contribution in [2.45, 2.75) is 46.5 Å². The molecule has 0 saturated carbocycles. The van der Waals surface area contributed by atoms with Gasteiger partial charge < -0.3 is 5.32 Å². The average molecular weight is 358 g/mol. The fraction of sp³-hybridized carbons (Fsp3) is 0.389. The number of hydrogen-bond donors (Lipinski definition) is 1. The van der Waals surface area contributed by atoms with Crippen molar-refractivity contribution in [2.75, 3.05) is 5.32 Å². The topological polar surface area (TPSA) is 54.9 Å². The summed E-state index contributed by atoms with van der Waals surface area (Å²) in [6.07, 6.45) is 4.62. The number of nitrogens with one attached hydrogen (secondary N) is 1. The molecule has 0 radical (unpaired) electrons. The molecule has 0 aromatic carbocycles.